The molecule has 4 aromatic heterocycles. The molecule has 0 saturated carbocycles. The fourth-order valence-corrected chi connectivity index (χ4v) is 3.70. The Kier molecular flexibility index (Phi) is 5.84. The second kappa shape index (κ2) is 8.69. The second-order valence-electron chi connectivity index (χ2n) is 6.68. The van der Waals surface area contributed by atoms with Crippen molar-refractivity contribution in [3.05, 3.63) is 52.8 Å². The minimum atomic E-state index is -0.0950. The van der Waals surface area contributed by atoms with Gasteiger partial charge in [0.05, 0.1) is 16.9 Å². The van der Waals surface area contributed by atoms with E-state index < -0.39 is 0 Å². The van der Waals surface area contributed by atoms with Crippen molar-refractivity contribution >= 4 is 51.0 Å². The quantitative estimate of drug-likeness (QED) is 0.380. The summed E-state index contributed by atoms with van der Waals surface area (Å²) >= 11 is 2.18. The van der Waals surface area contributed by atoms with Crippen molar-refractivity contribution in [1.82, 2.24) is 35.0 Å². The van der Waals surface area contributed by atoms with Crippen LogP contribution in [-0.2, 0) is 4.79 Å². The normalized spacial score (nSPS) is 12.0. The zero-order valence-corrected chi connectivity index (χ0v) is 18.5. The molecule has 1 unspecified atom stereocenters. The van der Waals surface area contributed by atoms with E-state index in [1.54, 1.807) is 37.9 Å². The number of hydrogen-bond acceptors (Lipinski definition) is 7. The number of nitrogens with one attached hydrogen (secondary N) is 2. The molecule has 4 heterocycles. The summed E-state index contributed by atoms with van der Waals surface area (Å²) in [5.41, 5.74) is 1.73. The lowest BCUT2D eigenvalue weighted by molar-refractivity contribution is -0.121. The number of fused-ring (bicyclic) bond motifs is 1. The number of amides is 1. The summed E-state index contributed by atoms with van der Waals surface area (Å²) in [4.78, 5) is 29.3. The number of nitrogens with zero attached hydrogens (tertiary/aromatic N) is 6. The Morgan fingerprint density at radius 1 is 1.20 bits per heavy atom. The van der Waals surface area contributed by atoms with Crippen LogP contribution in [0, 0.1) is 3.70 Å². The van der Waals surface area contributed by atoms with Crippen LogP contribution in [0.3, 0.4) is 0 Å². The van der Waals surface area contributed by atoms with E-state index in [1.807, 2.05) is 29.8 Å². The second-order valence-corrected chi connectivity index (χ2v) is 7.70. The number of pyridine rings is 2. The highest BCUT2D eigenvalue weighted by Gasteiger charge is 2.17. The molecule has 0 bridgehead atoms. The van der Waals surface area contributed by atoms with Crippen LogP contribution in [0.4, 0.5) is 11.6 Å². The van der Waals surface area contributed by atoms with E-state index >= 15 is 0 Å². The molecule has 0 aliphatic carbocycles. The van der Waals surface area contributed by atoms with Crippen LogP contribution in [0.25, 0.3) is 22.3 Å². The number of carbonyl (C=O) groups is 1. The van der Waals surface area contributed by atoms with Gasteiger partial charge in [-0.15, -0.1) is 0 Å². The molecule has 1 atom stereocenters. The maximum Gasteiger partial charge on any atom is 0.221 e. The number of anilines is 2. The van der Waals surface area contributed by atoms with Gasteiger partial charge >= 0.3 is 0 Å². The third kappa shape index (κ3) is 4.22. The van der Waals surface area contributed by atoms with E-state index in [-0.39, 0.29) is 11.9 Å². The molecule has 4 rings (SSSR count). The molecule has 0 radical (unpaired) electrons. The Labute approximate surface area is 186 Å². The van der Waals surface area contributed by atoms with Gasteiger partial charge in [0, 0.05) is 49.9 Å². The van der Waals surface area contributed by atoms with Gasteiger partial charge in [0.2, 0.25) is 5.91 Å². The van der Waals surface area contributed by atoms with Gasteiger partial charge in [-0.05, 0) is 47.7 Å². The zero-order valence-electron chi connectivity index (χ0n) is 16.4. The molecular weight excluding hydrogens is 495 g/mol. The van der Waals surface area contributed by atoms with E-state index in [9.17, 15) is 4.79 Å². The Balaban J connectivity index is 1.64. The average Bonchev–Trinajstić information content (AvgIpc) is 3.10. The summed E-state index contributed by atoms with van der Waals surface area (Å²) in [5.74, 6) is 1.79. The van der Waals surface area contributed by atoms with Gasteiger partial charge in [-0.3, -0.25) is 14.5 Å². The molecular formula is C20H19IN8O. The largest absolute Gasteiger partial charge is 0.359 e. The van der Waals surface area contributed by atoms with Gasteiger partial charge < -0.3 is 10.6 Å². The summed E-state index contributed by atoms with van der Waals surface area (Å²) in [7, 11) is 1.63. The molecule has 2 N–H and O–H groups in total. The SMILES string of the molecule is CNC(=O)CC(C)n1nc(I)c2cnc(Nc3ccnc(-c4cccnc4)n3)cc21. The predicted octanol–water partition coefficient (Wildman–Crippen LogP) is 3.33. The molecule has 4 aromatic rings. The van der Waals surface area contributed by atoms with Crippen LogP contribution in [0.1, 0.15) is 19.4 Å². The zero-order chi connectivity index (χ0) is 21.1. The van der Waals surface area contributed by atoms with Crippen molar-refractivity contribution in [1.29, 1.82) is 0 Å². The fraction of sp³-hybridized carbons (Fsp3) is 0.200. The molecule has 0 aromatic carbocycles. The lowest BCUT2D eigenvalue weighted by Crippen LogP contribution is -2.22. The molecule has 9 nitrogen and oxygen atoms in total. The maximum atomic E-state index is 11.8. The number of hydrogen-bond donors (Lipinski definition) is 2. The highest BCUT2D eigenvalue weighted by atomic mass is 127. The minimum absolute atomic E-state index is 0.0301. The third-order valence-electron chi connectivity index (χ3n) is 4.56. The molecule has 152 valence electrons. The first-order valence-corrected chi connectivity index (χ1v) is 10.4. The Morgan fingerprint density at radius 2 is 2.07 bits per heavy atom. The van der Waals surface area contributed by atoms with Crippen LogP contribution < -0.4 is 10.6 Å². The first kappa shape index (κ1) is 20.1. The van der Waals surface area contributed by atoms with Gasteiger partial charge in [0.25, 0.3) is 0 Å². The molecule has 0 aliphatic rings. The molecule has 1 amide bonds. The number of aromatic nitrogens is 6. The molecule has 30 heavy (non-hydrogen) atoms. The van der Waals surface area contributed by atoms with Gasteiger partial charge in [0.15, 0.2) is 5.82 Å². The Bertz CT molecular complexity index is 1190. The summed E-state index contributed by atoms with van der Waals surface area (Å²) < 4.78 is 2.70. The van der Waals surface area contributed by atoms with Crippen molar-refractivity contribution in [2.24, 2.45) is 0 Å². The summed E-state index contributed by atoms with van der Waals surface area (Å²) in [6.45, 7) is 1.97. The fourth-order valence-electron chi connectivity index (χ4n) is 3.05. The highest BCUT2D eigenvalue weighted by Crippen LogP contribution is 2.27. The smallest absolute Gasteiger partial charge is 0.221 e. The lowest BCUT2D eigenvalue weighted by atomic mass is 10.2. The van der Waals surface area contributed by atoms with E-state index in [4.69, 9.17) is 0 Å². The van der Waals surface area contributed by atoms with Crippen LogP contribution in [0.5, 0.6) is 0 Å². The molecule has 0 aliphatic heterocycles. The Morgan fingerprint density at radius 3 is 2.83 bits per heavy atom. The summed E-state index contributed by atoms with van der Waals surface area (Å²) in [6.07, 6.45) is 7.24. The van der Waals surface area contributed by atoms with Crippen LogP contribution in [-0.4, -0.2) is 42.7 Å². The first-order valence-electron chi connectivity index (χ1n) is 9.30. The van der Waals surface area contributed by atoms with Gasteiger partial charge in [-0.2, -0.15) is 5.10 Å². The number of halogens is 1. The van der Waals surface area contributed by atoms with Crippen molar-refractivity contribution in [3.63, 3.8) is 0 Å². The monoisotopic (exact) mass is 514 g/mol. The number of rotatable bonds is 6. The first-order chi connectivity index (χ1) is 14.5. The topological polar surface area (TPSA) is 111 Å². The third-order valence-corrected chi connectivity index (χ3v) is 5.35. The van der Waals surface area contributed by atoms with Gasteiger partial charge in [-0.1, -0.05) is 0 Å². The van der Waals surface area contributed by atoms with Gasteiger partial charge in [-0.25, -0.2) is 15.0 Å². The van der Waals surface area contributed by atoms with Crippen LogP contribution in [0.15, 0.2) is 49.1 Å². The number of carbonyl (C=O) groups excluding carboxylic acids is 1. The van der Waals surface area contributed by atoms with E-state index in [0.29, 0.717) is 23.9 Å². The predicted molar refractivity (Wildman–Crippen MR) is 122 cm³/mol. The van der Waals surface area contributed by atoms with Crippen LogP contribution in [0.2, 0.25) is 0 Å². The highest BCUT2D eigenvalue weighted by molar-refractivity contribution is 14.1. The molecule has 0 fully saturated rings. The van der Waals surface area contributed by atoms with Crippen molar-refractivity contribution in [3.8, 4) is 11.4 Å². The summed E-state index contributed by atoms with van der Waals surface area (Å²) in [6, 6.07) is 7.35. The summed E-state index contributed by atoms with van der Waals surface area (Å²) in [5, 5.41) is 11.4. The molecule has 10 heteroatoms. The van der Waals surface area contributed by atoms with E-state index in [0.717, 1.165) is 20.2 Å². The standard InChI is InChI=1S/C20H19IN8O/c1-12(8-18(30)22-2)29-15-9-17(25-11-14(15)19(21)28-29)26-16-5-7-24-20(27-16)13-4-3-6-23-10-13/h3-7,9-12H,8H2,1-2H3,(H,22,30)(H,24,25,26,27). The van der Waals surface area contributed by atoms with E-state index in [1.165, 1.54) is 0 Å². The molecule has 0 spiro atoms. The average molecular weight is 514 g/mol. The van der Waals surface area contributed by atoms with E-state index in [2.05, 4.69) is 58.3 Å². The maximum absolute atomic E-state index is 11.8. The van der Waals surface area contributed by atoms with Gasteiger partial charge in [0.1, 0.15) is 15.3 Å². The lowest BCUT2D eigenvalue weighted by Gasteiger charge is -2.13. The van der Waals surface area contributed by atoms with Crippen molar-refractivity contribution in [2.75, 3.05) is 12.4 Å². The molecule has 0 saturated heterocycles. The Hall–Kier alpha value is -3.15. The van der Waals surface area contributed by atoms with Crippen LogP contribution >= 0.6 is 22.6 Å². The minimum Gasteiger partial charge on any atom is -0.359 e. The van der Waals surface area contributed by atoms with Crippen molar-refractivity contribution in [2.45, 2.75) is 19.4 Å². The van der Waals surface area contributed by atoms with Crippen molar-refractivity contribution < 1.29 is 4.79 Å².